The second kappa shape index (κ2) is 6.32. The van der Waals surface area contributed by atoms with Gasteiger partial charge in [0.05, 0.1) is 12.3 Å². The molecule has 1 aromatic carbocycles. The molecule has 5 nitrogen and oxygen atoms in total. The highest BCUT2D eigenvalue weighted by Crippen LogP contribution is 2.40. The maximum absolute atomic E-state index is 12.3. The van der Waals surface area contributed by atoms with Gasteiger partial charge < -0.3 is 10.1 Å². The number of carbonyl (C=O) groups is 1. The zero-order valence-electron chi connectivity index (χ0n) is 12.8. The van der Waals surface area contributed by atoms with Gasteiger partial charge in [0.1, 0.15) is 0 Å². The van der Waals surface area contributed by atoms with Crippen molar-refractivity contribution in [2.45, 2.75) is 19.3 Å². The lowest BCUT2D eigenvalue weighted by Crippen LogP contribution is -2.45. The van der Waals surface area contributed by atoms with Crippen LogP contribution in [0, 0.1) is 5.41 Å². The Morgan fingerprint density at radius 2 is 2.14 bits per heavy atom. The van der Waals surface area contributed by atoms with Crippen LogP contribution in [0.4, 0.5) is 0 Å². The molecule has 1 saturated carbocycles. The van der Waals surface area contributed by atoms with Crippen LogP contribution in [0.25, 0.3) is 5.69 Å². The molecule has 116 valence electrons. The lowest BCUT2D eigenvalue weighted by Gasteiger charge is -2.41. The Kier molecular flexibility index (Phi) is 4.24. The first-order valence-corrected chi connectivity index (χ1v) is 7.60. The average Bonchev–Trinajstić information content (AvgIpc) is 3.04. The monoisotopic (exact) mass is 299 g/mol. The number of rotatable bonds is 6. The van der Waals surface area contributed by atoms with E-state index in [1.807, 2.05) is 36.5 Å². The number of ether oxygens (including phenoxy) is 1. The normalized spacial score (nSPS) is 16.0. The summed E-state index contributed by atoms with van der Waals surface area (Å²) in [5.74, 6) is -0.0330. The Morgan fingerprint density at radius 1 is 1.36 bits per heavy atom. The molecular weight excluding hydrogens is 278 g/mol. The van der Waals surface area contributed by atoms with Gasteiger partial charge in [0.2, 0.25) is 0 Å². The van der Waals surface area contributed by atoms with Gasteiger partial charge in [0.25, 0.3) is 5.91 Å². The molecule has 0 aliphatic heterocycles. The fraction of sp³-hybridized carbons (Fsp3) is 0.412. The Balaban J connectivity index is 1.60. The molecule has 1 aromatic heterocycles. The first kappa shape index (κ1) is 14.8. The summed E-state index contributed by atoms with van der Waals surface area (Å²) < 4.78 is 7.05. The predicted molar refractivity (Wildman–Crippen MR) is 84.1 cm³/mol. The van der Waals surface area contributed by atoms with Gasteiger partial charge in [0.15, 0.2) is 0 Å². The van der Waals surface area contributed by atoms with Gasteiger partial charge >= 0.3 is 0 Å². The van der Waals surface area contributed by atoms with E-state index < -0.39 is 0 Å². The van der Waals surface area contributed by atoms with E-state index in [-0.39, 0.29) is 11.3 Å². The number of amides is 1. The third kappa shape index (κ3) is 3.04. The lowest BCUT2D eigenvalue weighted by molar-refractivity contribution is 0.0180. The van der Waals surface area contributed by atoms with Crippen LogP contribution in [0.5, 0.6) is 0 Å². The second-order valence-corrected chi connectivity index (χ2v) is 5.97. The van der Waals surface area contributed by atoms with Crippen molar-refractivity contribution in [3.05, 3.63) is 48.3 Å². The molecule has 1 heterocycles. The van der Waals surface area contributed by atoms with Crippen molar-refractivity contribution in [3.8, 4) is 5.69 Å². The highest BCUT2D eigenvalue weighted by Gasteiger charge is 2.37. The molecule has 3 rings (SSSR count). The van der Waals surface area contributed by atoms with E-state index in [9.17, 15) is 4.79 Å². The van der Waals surface area contributed by atoms with Crippen molar-refractivity contribution in [1.29, 1.82) is 0 Å². The van der Waals surface area contributed by atoms with E-state index in [1.54, 1.807) is 18.0 Å². The van der Waals surface area contributed by atoms with Crippen molar-refractivity contribution in [1.82, 2.24) is 15.1 Å². The molecule has 1 aliphatic carbocycles. The molecule has 0 spiro atoms. The fourth-order valence-electron chi connectivity index (χ4n) is 2.91. The topological polar surface area (TPSA) is 56.1 Å². The molecule has 0 atom stereocenters. The molecule has 0 bridgehead atoms. The minimum absolute atomic E-state index is 0.0330. The molecular formula is C17H21N3O2. The number of nitrogens with one attached hydrogen (secondary N) is 1. The third-order valence-corrected chi connectivity index (χ3v) is 4.39. The summed E-state index contributed by atoms with van der Waals surface area (Å²) in [6, 6.07) is 9.33. The maximum Gasteiger partial charge on any atom is 0.251 e. The molecule has 1 aliphatic rings. The summed E-state index contributed by atoms with van der Waals surface area (Å²) in [4.78, 5) is 12.3. The Hall–Kier alpha value is -2.14. The van der Waals surface area contributed by atoms with E-state index in [0.717, 1.165) is 18.5 Å². The minimum atomic E-state index is -0.0330. The number of methoxy groups -OCH3 is 1. The van der Waals surface area contributed by atoms with E-state index in [1.165, 1.54) is 6.42 Å². The lowest BCUT2D eigenvalue weighted by atomic mass is 9.69. The van der Waals surface area contributed by atoms with Gasteiger partial charge in [-0.05, 0) is 43.2 Å². The zero-order chi connectivity index (χ0) is 15.4. The first-order valence-electron chi connectivity index (χ1n) is 7.60. The second-order valence-electron chi connectivity index (χ2n) is 5.97. The standard InChI is InChI=1S/C17H21N3O2/c1-22-13-17(8-2-9-17)12-18-16(21)14-4-6-15(7-5-14)20-11-3-10-19-20/h3-7,10-11H,2,8-9,12-13H2,1H3,(H,18,21). The summed E-state index contributed by atoms with van der Waals surface area (Å²) >= 11 is 0. The number of benzene rings is 1. The highest BCUT2D eigenvalue weighted by molar-refractivity contribution is 5.94. The van der Waals surface area contributed by atoms with Crippen molar-refractivity contribution in [2.24, 2.45) is 5.41 Å². The van der Waals surface area contributed by atoms with Crippen LogP contribution in [0.1, 0.15) is 29.6 Å². The zero-order valence-corrected chi connectivity index (χ0v) is 12.8. The molecule has 1 amide bonds. The van der Waals surface area contributed by atoms with Crippen molar-refractivity contribution < 1.29 is 9.53 Å². The van der Waals surface area contributed by atoms with Crippen molar-refractivity contribution in [2.75, 3.05) is 20.3 Å². The van der Waals surface area contributed by atoms with Gasteiger partial charge in [-0.15, -0.1) is 0 Å². The predicted octanol–water partition coefficient (Wildman–Crippen LogP) is 2.42. The van der Waals surface area contributed by atoms with E-state index in [0.29, 0.717) is 18.7 Å². The highest BCUT2D eigenvalue weighted by atomic mass is 16.5. The van der Waals surface area contributed by atoms with Gasteiger partial charge in [-0.3, -0.25) is 4.79 Å². The SMILES string of the molecule is COCC1(CNC(=O)c2ccc(-n3cccn3)cc2)CCC1. The van der Waals surface area contributed by atoms with Crippen LogP contribution in [-0.4, -0.2) is 35.9 Å². The average molecular weight is 299 g/mol. The van der Waals surface area contributed by atoms with E-state index in [4.69, 9.17) is 4.74 Å². The molecule has 2 aromatic rings. The molecule has 0 saturated heterocycles. The molecule has 1 N–H and O–H groups in total. The molecule has 0 radical (unpaired) electrons. The molecule has 22 heavy (non-hydrogen) atoms. The number of nitrogens with zero attached hydrogens (tertiary/aromatic N) is 2. The summed E-state index contributed by atoms with van der Waals surface area (Å²) in [5, 5.41) is 7.21. The molecule has 5 heteroatoms. The van der Waals surface area contributed by atoms with Crippen LogP contribution in [0.2, 0.25) is 0 Å². The Bertz CT molecular complexity index is 616. The van der Waals surface area contributed by atoms with E-state index in [2.05, 4.69) is 10.4 Å². The summed E-state index contributed by atoms with van der Waals surface area (Å²) in [7, 11) is 1.72. The maximum atomic E-state index is 12.3. The largest absolute Gasteiger partial charge is 0.384 e. The number of hydrogen-bond acceptors (Lipinski definition) is 3. The summed E-state index contributed by atoms with van der Waals surface area (Å²) in [5.41, 5.74) is 1.75. The number of carbonyl (C=O) groups excluding carboxylic acids is 1. The summed E-state index contributed by atoms with van der Waals surface area (Å²) in [6.07, 6.45) is 7.07. The Labute approximate surface area is 130 Å². The first-order chi connectivity index (χ1) is 10.7. The molecule has 1 fully saturated rings. The van der Waals surface area contributed by atoms with Crippen molar-refractivity contribution >= 4 is 5.91 Å². The van der Waals surface area contributed by atoms with Crippen LogP contribution >= 0.6 is 0 Å². The minimum Gasteiger partial charge on any atom is -0.384 e. The van der Waals surface area contributed by atoms with Gasteiger partial charge in [-0.1, -0.05) is 6.42 Å². The quantitative estimate of drug-likeness (QED) is 0.891. The summed E-state index contributed by atoms with van der Waals surface area (Å²) in [6.45, 7) is 1.39. The third-order valence-electron chi connectivity index (χ3n) is 4.39. The Morgan fingerprint density at radius 3 is 2.68 bits per heavy atom. The van der Waals surface area contributed by atoms with Gasteiger partial charge in [-0.25, -0.2) is 4.68 Å². The van der Waals surface area contributed by atoms with Crippen LogP contribution < -0.4 is 5.32 Å². The van der Waals surface area contributed by atoms with E-state index >= 15 is 0 Å². The van der Waals surface area contributed by atoms with Crippen LogP contribution in [0.15, 0.2) is 42.7 Å². The van der Waals surface area contributed by atoms with Crippen LogP contribution in [-0.2, 0) is 4.74 Å². The number of hydrogen-bond donors (Lipinski definition) is 1. The van der Waals surface area contributed by atoms with Crippen LogP contribution in [0.3, 0.4) is 0 Å². The van der Waals surface area contributed by atoms with Gasteiger partial charge in [-0.2, -0.15) is 5.10 Å². The van der Waals surface area contributed by atoms with Gasteiger partial charge in [0, 0.05) is 37.0 Å². The van der Waals surface area contributed by atoms with Crippen molar-refractivity contribution in [3.63, 3.8) is 0 Å². The fourth-order valence-corrected chi connectivity index (χ4v) is 2.91. The molecule has 0 unspecified atom stereocenters. The smallest absolute Gasteiger partial charge is 0.251 e. The number of aromatic nitrogens is 2.